The molecule has 0 aliphatic carbocycles. The molecule has 32 heteroatoms. The topological polar surface area (TPSA) is 413 Å². The predicted octanol–water partition coefficient (Wildman–Crippen LogP) is 10.6. The van der Waals surface area contributed by atoms with E-state index >= 15 is 0 Å². The molecule has 3 saturated heterocycles. The van der Waals surface area contributed by atoms with Crippen molar-refractivity contribution in [1.82, 2.24) is 105 Å². The van der Waals surface area contributed by atoms with Gasteiger partial charge < -0.3 is 54.5 Å². The van der Waals surface area contributed by atoms with Gasteiger partial charge in [-0.25, -0.2) is 29.9 Å². The largest absolute Gasteiger partial charge is 0.378 e. The van der Waals surface area contributed by atoms with Crippen LogP contribution in [0.15, 0.2) is 147 Å². The number of aromatic amines is 6. The van der Waals surface area contributed by atoms with Gasteiger partial charge in [-0.2, -0.15) is 15.3 Å². The minimum Gasteiger partial charge on any atom is -0.378 e. The molecule has 0 spiro atoms. The van der Waals surface area contributed by atoms with Crippen molar-refractivity contribution < 1.29 is 43.0 Å². The van der Waals surface area contributed by atoms with E-state index in [0.717, 1.165) is 71.8 Å². The van der Waals surface area contributed by atoms with Crippen LogP contribution in [0.3, 0.4) is 0 Å². The van der Waals surface area contributed by atoms with Crippen LogP contribution in [0.4, 0.5) is 11.4 Å². The molecule has 15 aromatic rings. The van der Waals surface area contributed by atoms with Crippen molar-refractivity contribution in [3.8, 4) is 67.9 Å². The van der Waals surface area contributed by atoms with E-state index in [2.05, 4.69) is 86.1 Å². The summed E-state index contributed by atoms with van der Waals surface area (Å²) in [5, 5.41) is 30.2. The Kier molecular flexibility index (Phi) is 20.6. The minimum absolute atomic E-state index is 0.0537. The number of benzene rings is 3. The molecule has 564 valence electrons. The number of carbonyl (C=O) groups is 6. The number of morpholine rings is 3. The van der Waals surface area contributed by atoms with Gasteiger partial charge in [-0.05, 0) is 72.8 Å². The highest BCUT2D eigenvalue weighted by Gasteiger charge is 2.28. The molecule has 8 N–H and O–H groups in total. The summed E-state index contributed by atoms with van der Waals surface area (Å²) in [6.07, 6.45) is 14.8. The number of amides is 5. The second-order valence-corrected chi connectivity index (χ2v) is 27.2. The number of nitrogens with one attached hydrogen (secondary N) is 8. The number of ether oxygens (including phenoxy) is 3. The number of anilines is 2. The van der Waals surface area contributed by atoms with Gasteiger partial charge in [0.2, 0.25) is 11.8 Å². The van der Waals surface area contributed by atoms with Crippen molar-refractivity contribution in [3.63, 3.8) is 0 Å². The van der Waals surface area contributed by atoms with E-state index in [-0.39, 0.29) is 41.2 Å². The maximum atomic E-state index is 13.2. The number of Topliss-reactive ketones (excluding diaryl/α,β-unsaturated/α-hetero) is 1. The predicted molar refractivity (Wildman–Crippen MR) is 418 cm³/mol. The number of fused-ring (bicyclic) bond motifs is 6. The van der Waals surface area contributed by atoms with Crippen LogP contribution in [0.5, 0.6) is 0 Å². The lowest BCUT2D eigenvalue weighted by molar-refractivity contribution is -0.119. The summed E-state index contributed by atoms with van der Waals surface area (Å²) < 4.78 is 16.2. The van der Waals surface area contributed by atoms with E-state index in [1.165, 1.54) is 0 Å². The van der Waals surface area contributed by atoms with Crippen LogP contribution in [0.25, 0.3) is 134 Å². The molecule has 0 radical (unpaired) electrons. The van der Waals surface area contributed by atoms with Crippen molar-refractivity contribution in [2.24, 2.45) is 5.92 Å². The van der Waals surface area contributed by atoms with Crippen molar-refractivity contribution in [1.29, 1.82) is 0 Å². The Morgan fingerprint density at radius 1 is 0.429 bits per heavy atom. The van der Waals surface area contributed by atoms with Crippen molar-refractivity contribution in [2.45, 2.75) is 47.0 Å². The fraction of sp³-hybridized carbons (Fsp3) is 0.250. The summed E-state index contributed by atoms with van der Waals surface area (Å²) in [6, 6.07) is 30.1. The van der Waals surface area contributed by atoms with Gasteiger partial charge in [-0.1, -0.05) is 52.0 Å². The standard InChI is InChI=1S/C27H26N8O3.C27H25N7O3.C26H24N8O3/c1-15(2)26(36)30-18-10-16(12-28-14-18)17-11-20-23(33-34-24(20)29-13-17)25-31-21-5-3-4-19(22(21)32-25)27(37)35-6-8-38-9-7-35;1-2-19(35)13-18-7-6-16(14-28-18)17-12-21-24(32-33-25(21)29-15-17)26-30-22-5-3-4-20(23(22)31-26)27(36)34-8-10-37-11-9-34;1-2-21(35)29-17-10-15(12-27-14-17)16-11-19-23(32-33-24(19)28-13-16)25-30-20-5-3-4-18(22(20)31-25)26(36)34-6-8-37-9-7-34/h3-5,10-15H,6-9H2,1-2H3,(H,30,36)(H,31,32)(H,29,33,34);3-7,12,14-15H,2,8-11,13H2,1H3,(H,30,31)(H,29,32,33);3-5,10-14H,2,6-9H2,1H3,(H,29,35)(H,30,31)(H,28,32,33). The summed E-state index contributed by atoms with van der Waals surface area (Å²) in [6.45, 7) is 13.9. The van der Waals surface area contributed by atoms with E-state index in [1.54, 1.807) is 89.4 Å². The number of imidazole rings is 3. The monoisotopic (exact) mass is 1500 g/mol. The summed E-state index contributed by atoms with van der Waals surface area (Å²) >= 11 is 0. The van der Waals surface area contributed by atoms with E-state index in [0.29, 0.717) is 194 Å². The average Bonchev–Trinajstić information content (AvgIpc) is 1.62. The first-order valence-corrected chi connectivity index (χ1v) is 36.8. The first-order chi connectivity index (χ1) is 54.7. The number of H-pyrrole nitrogens is 6. The van der Waals surface area contributed by atoms with Crippen LogP contribution in [-0.2, 0) is 35.0 Å². The van der Waals surface area contributed by atoms with E-state index < -0.39 is 0 Å². The molecule has 18 rings (SSSR count). The molecule has 3 fully saturated rings. The Morgan fingerprint density at radius 3 is 1.17 bits per heavy atom. The van der Waals surface area contributed by atoms with E-state index in [1.807, 2.05) is 99.6 Å². The lowest BCUT2D eigenvalue weighted by atomic mass is 10.1. The Hall–Kier alpha value is -13.7. The minimum atomic E-state index is -0.140. The SMILES string of the molecule is CC(C)C(=O)Nc1cncc(-c2cnc3n[nH]c(-c4nc5c(C(=O)N6CCOCC6)cccc5[nH]4)c3c2)c1.CCC(=O)Cc1ccc(-c2cnc3n[nH]c(-c4nc5c(C(=O)N6CCOCC6)cccc5[nH]4)c3c2)cn1.CCC(=O)Nc1cncc(-c2cnc3n[nH]c(-c4nc5c(C(=O)N6CCOCC6)cccc5[nH]4)c3c2)c1. The van der Waals surface area contributed by atoms with Crippen LogP contribution < -0.4 is 10.6 Å². The highest BCUT2D eigenvalue weighted by molar-refractivity contribution is 6.09. The fourth-order valence-corrected chi connectivity index (χ4v) is 13.4. The van der Waals surface area contributed by atoms with Gasteiger partial charge in [-0.3, -0.25) is 59.0 Å². The fourth-order valence-electron chi connectivity index (χ4n) is 13.4. The average molecular weight is 1500 g/mol. The van der Waals surface area contributed by atoms with Crippen LogP contribution in [0.1, 0.15) is 77.3 Å². The smallest absolute Gasteiger partial charge is 0.256 e. The van der Waals surface area contributed by atoms with Gasteiger partial charge in [0.05, 0.1) is 113 Å². The van der Waals surface area contributed by atoms with Crippen LogP contribution in [0.2, 0.25) is 0 Å². The number of hydrogen-bond acceptors (Lipinski definition) is 21. The van der Waals surface area contributed by atoms with E-state index in [4.69, 9.17) is 29.2 Å². The molecule has 15 heterocycles. The normalized spacial score (nSPS) is 13.9. The molecule has 0 atom stereocenters. The number of ketones is 1. The van der Waals surface area contributed by atoms with Gasteiger partial charge in [0.15, 0.2) is 34.4 Å². The molecular weight excluding hydrogens is 1430 g/mol. The molecule has 3 aliphatic rings. The third-order valence-corrected chi connectivity index (χ3v) is 19.5. The molecule has 3 aromatic carbocycles. The number of carbonyl (C=O) groups excluding carboxylic acids is 6. The van der Waals surface area contributed by atoms with Crippen LogP contribution in [0, 0.1) is 5.92 Å². The zero-order valence-electron chi connectivity index (χ0n) is 61.4. The first kappa shape index (κ1) is 72.5. The summed E-state index contributed by atoms with van der Waals surface area (Å²) in [7, 11) is 0. The molecule has 12 aromatic heterocycles. The molecule has 0 saturated carbocycles. The van der Waals surface area contributed by atoms with Crippen molar-refractivity contribution in [2.75, 3.05) is 89.5 Å². The number of para-hydroxylation sites is 3. The molecule has 3 aliphatic heterocycles. The summed E-state index contributed by atoms with van der Waals surface area (Å²) in [5.41, 5.74) is 16.3. The third-order valence-electron chi connectivity index (χ3n) is 19.5. The van der Waals surface area contributed by atoms with Gasteiger partial charge in [0.25, 0.3) is 17.7 Å². The van der Waals surface area contributed by atoms with Crippen LogP contribution in [-0.4, -0.2) is 219 Å². The summed E-state index contributed by atoms with van der Waals surface area (Å²) in [4.78, 5) is 131. The second-order valence-electron chi connectivity index (χ2n) is 27.2. The second kappa shape index (κ2) is 31.8. The molecule has 32 nitrogen and oxygen atoms in total. The number of nitrogens with zero attached hydrogens (tertiary/aromatic N) is 15. The Morgan fingerprint density at radius 2 is 0.804 bits per heavy atom. The molecule has 112 heavy (non-hydrogen) atoms. The highest BCUT2D eigenvalue weighted by Crippen LogP contribution is 2.35. The third kappa shape index (κ3) is 15.1. The lowest BCUT2D eigenvalue weighted by Gasteiger charge is -2.26. The summed E-state index contributed by atoms with van der Waals surface area (Å²) in [5.74, 6) is 1.37. The zero-order chi connectivity index (χ0) is 76.9. The maximum absolute atomic E-state index is 13.2. The molecule has 0 unspecified atom stereocenters. The quantitative estimate of drug-likeness (QED) is 0.0445. The molecule has 0 bridgehead atoms. The molecule has 5 amide bonds. The van der Waals surface area contributed by atoms with E-state index in [9.17, 15) is 28.8 Å². The van der Waals surface area contributed by atoms with Gasteiger partial charge in [-0.15, -0.1) is 0 Å². The Bertz CT molecular complexity index is 6080. The molecular formula is C80H75N23O9. The Balaban J connectivity index is 0.000000127. The number of rotatable bonds is 16. The zero-order valence-corrected chi connectivity index (χ0v) is 61.4. The van der Waals surface area contributed by atoms with Gasteiger partial charge in [0.1, 0.15) is 39.4 Å². The van der Waals surface area contributed by atoms with Crippen LogP contribution >= 0.6 is 0 Å². The highest BCUT2D eigenvalue weighted by atomic mass is 16.5. The first-order valence-electron chi connectivity index (χ1n) is 36.8. The van der Waals surface area contributed by atoms with Crippen molar-refractivity contribution >= 4 is 113 Å². The van der Waals surface area contributed by atoms with Gasteiger partial charge >= 0.3 is 0 Å². The Labute approximate surface area is 637 Å². The van der Waals surface area contributed by atoms with Crippen molar-refractivity contribution in [3.05, 3.63) is 169 Å². The van der Waals surface area contributed by atoms with Gasteiger partial charge in [0, 0.05) is 141 Å². The number of aromatic nitrogens is 18. The number of pyridine rings is 6. The lowest BCUT2D eigenvalue weighted by Crippen LogP contribution is -2.40. The maximum Gasteiger partial charge on any atom is 0.256 e. The number of hydrogen-bond donors (Lipinski definition) is 8.